The lowest BCUT2D eigenvalue weighted by molar-refractivity contribution is -0.127. The zero-order valence-corrected chi connectivity index (χ0v) is 17.2. The van der Waals surface area contributed by atoms with Crippen LogP contribution in [0.5, 0.6) is 0 Å². The summed E-state index contributed by atoms with van der Waals surface area (Å²) < 4.78 is 0. The molecule has 29 heavy (non-hydrogen) atoms. The Labute approximate surface area is 173 Å². The highest BCUT2D eigenvalue weighted by Gasteiger charge is 2.29. The van der Waals surface area contributed by atoms with Gasteiger partial charge < -0.3 is 10.2 Å². The van der Waals surface area contributed by atoms with Crippen molar-refractivity contribution in [2.45, 2.75) is 63.8 Å². The summed E-state index contributed by atoms with van der Waals surface area (Å²) >= 11 is 0. The Morgan fingerprint density at radius 2 is 1.45 bits per heavy atom. The van der Waals surface area contributed by atoms with Crippen molar-refractivity contribution in [1.29, 1.82) is 0 Å². The molecule has 0 radical (unpaired) electrons. The van der Waals surface area contributed by atoms with E-state index in [1.165, 1.54) is 32.1 Å². The van der Waals surface area contributed by atoms with Gasteiger partial charge in [-0.15, -0.1) is 0 Å². The number of benzene rings is 2. The molecule has 0 aromatic heterocycles. The van der Waals surface area contributed by atoms with Crippen LogP contribution >= 0.6 is 0 Å². The van der Waals surface area contributed by atoms with E-state index in [0.29, 0.717) is 19.1 Å². The first kappa shape index (κ1) is 19.9. The lowest BCUT2D eigenvalue weighted by Crippen LogP contribution is -2.45. The minimum Gasteiger partial charge on any atom is -0.353 e. The number of hydrogen-bond acceptors (Lipinski definition) is 2. The van der Waals surface area contributed by atoms with Gasteiger partial charge in [-0.2, -0.15) is 0 Å². The van der Waals surface area contributed by atoms with Crippen molar-refractivity contribution in [3.8, 4) is 0 Å². The Hall–Kier alpha value is -2.36. The molecular weight excluding hydrogens is 360 g/mol. The topological polar surface area (TPSA) is 49.4 Å². The van der Waals surface area contributed by atoms with Gasteiger partial charge >= 0.3 is 0 Å². The van der Waals surface area contributed by atoms with E-state index in [-0.39, 0.29) is 17.7 Å². The van der Waals surface area contributed by atoms with Crippen LogP contribution in [0.25, 0.3) is 10.8 Å². The minimum absolute atomic E-state index is 0.0389. The zero-order valence-electron chi connectivity index (χ0n) is 17.2. The lowest BCUT2D eigenvalue weighted by Gasteiger charge is -2.32. The van der Waals surface area contributed by atoms with Crippen molar-refractivity contribution in [1.82, 2.24) is 10.2 Å². The average Bonchev–Trinajstić information content (AvgIpc) is 2.74. The van der Waals surface area contributed by atoms with E-state index in [0.717, 1.165) is 42.0 Å². The summed E-state index contributed by atoms with van der Waals surface area (Å²) in [6.07, 6.45) is 10.1. The van der Waals surface area contributed by atoms with Gasteiger partial charge in [0.25, 0.3) is 5.91 Å². The van der Waals surface area contributed by atoms with Gasteiger partial charge in [-0.05, 0) is 42.5 Å². The highest BCUT2D eigenvalue weighted by Crippen LogP contribution is 2.24. The van der Waals surface area contributed by atoms with E-state index in [1.807, 2.05) is 47.4 Å². The Kier molecular flexibility index (Phi) is 6.48. The first-order chi connectivity index (χ1) is 14.2. The van der Waals surface area contributed by atoms with Crippen molar-refractivity contribution < 1.29 is 9.59 Å². The third kappa shape index (κ3) is 4.80. The lowest BCUT2D eigenvalue weighted by atomic mass is 9.92. The fourth-order valence-electron chi connectivity index (χ4n) is 4.85. The van der Waals surface area contributed by atoms with E-state index in [4.69, 9.17) is 0 Å². The van der Waals surface area contributed by atoms with Gasteiger partial charge in [0.05, 0.1) is 0 Å². The van der Waals surface area contributed by atoms with Crippen LogP contribution in [0.4, 0.5) is 0 Å². The third-order valence-electron chi connectivity index (χ3n) is 6.62. The van der Waals surface area contributed by atoms with Gasteiger partial charge in [0.15, 0.2) is 0 Å². The standard InChI is InChI=1S/C25H32N2O2/c28-24(26-21-11-4-2-1-3-5-12-21)20-15-17-27(18-16-20)25(29)23-14-8-10-19-9-6-7-13-22(19)23/h6-10,13-14,20-21H,1-5,11-12,15-18H2,(H,26,28). The Bertz CT molecular complexity index is 842. The van der Waals surface area contributed by atoms with Gasteiger partial charge in [-0.3, -0.25) is 9.59 Å². The van der Waals surface area contributed by atoms with Gasteiger partial charge in [-0.1, -0.05) is 68.5 Å². The predicted molar refractivity (Wildman–Crippen MR) is 117 cm³/mol. The highest BCUT2D eigenvalue weighted by molar-refractivity contribution is 6.07. The molecule has 4 heteroatoms. The third-order valence-corrected chi connectivity index (χ3v) is 6.62. The number of carbonyl (C=O) groups is 2. The molecule has 1 saturated carbocycles. The second-order valence-electron chi connectivity index (χ2n) is 8.64. The number of likely N-dealkylation sites (tertiary alicyclic amines) is 1. The number of piperidine rings is 1. The number of amides is 2. The molecule has 2 aliphatic rings. The molecule has 2 aromatic carbocycles. The number of fused-ring (bicyclic) bond motifs is 1. The summed E-state index contributed by atoms with van der Waals surface area (Å²) in [6.45, 7) is 1.32. The predicted octanol–water partition coefficient (Wildman–Crippen LogP) is 4.92. The number of rotatable bonds is 3. The molecule has 1 N–H and O–H groups in total. The Balaban J connectivity index is 1.34. The molecule has 0 bridgehead atoms. The molecule has 4 nitrogen and oxygen atoms in total. The molecule has 2 aromatic rings. The van der Waals surface area contributed by atoms with Crippen LogP contribution in [0.15, 0.2) is 42.5 Å². The van der Waals surface area contributed by atoms with E-state index < -0.39 is 0 Å². The molecule has 0 unspecified atom stereocenters. The van der Waals surface area contributed by atoms with Gasteiger partial charge in [0, 0.05) is 30.6 Å². The minimum atomic E-state index is 0.0389. The molecule has 1 saturated heterocycles. The second kappa shape index (κ2) is 9.43. The molecule has 4 rings (SSSR count). The van der Waals surface area contributed by atoms with E-state index in [1.54, 1.807) is 0 Å². The van der Waals surface area contributed by atoms with E-state index >= 15 is 0 Å². The van der Waals surface area contributed by atoms with Crippen LogP contribution in [-0.2, 0) is 4.79 Å². The summed E-state index contributed by atoms with van der Waals surface area (Å²) in [5.41, 5.74) is 0.764. The van der Waals surface area contributed by atoms with E-state index in [2.05, 4.69) is 5.32 Å². The van der Waals surface area contributed by atoms with Gasteiger partial charge in [0.2, 0.25) is 5.91 Å². The number of hydrogen-bond donors (Lipinski definition) is 1. The van der Waals surface area contributed by atoms with Crippen LogP contribution in [0.1, 0.15) is 68.1 Å². The van der Waals surface area contributed by atoms with Crippen molar-refractivity contribution in [3.05, 3.63) is 48.0 Å². The average molecular weight is 393 g/mol. The molecule has 2 fully saturated rings. The zero-order chi connectivity index (χ0) is 20.1. The quantitative estimate of drug-likeness (QED) is 0.806. The molecule has 0 spiro atoms. The SMILES string of the molecule is O=C(NC1CCCCCCC1)C1CCN(C(=O)c2cccc3ccccc23)CC1. The molecular formula is C25H32N2O2. The van der Waals surface area contributed by atoms with Crippen LogP contribution in [-0.4, -0.2) is 35.8 Å². The summed E-state index contributed by atoms with van der Waals surface area (Å²) in [4.78, 5) is 27.8. The summed E-state index contributed by atoms with van der Waals surface area (Å²) in [5, 5.41) is 5.41. The maximum atomic E-state index is 13.1. The second-order valence-corrected chi connectivity index (χ2v) is 8.64. The molecule has 2 amide bonds. The van der Waals surface area contributed by atoms with Crippen molar-refractivity contribution >= 4 is 22.6 Å². The summed E-state index contributed by atoms with van der Waals surface area (Å²) in [7, 11) is 0. The monoisotopic (exact) mass is 392 g/mol. The number of carbonyl (C=O) groups excluding carboxylic acids is 2. The van der Waals surface area contributed by atoms with Crippen molar-refractivity contribution in [2.24, 2.45) is 5.92 Å². The van der Waals surface area contributed by atoms with Crippen molar-refractivity contribution in [3.63, 3.8) is 0 Å². The normalized spacial score (nSPS) is 19.5. The summed E-state index contributed by atoms with van der Waals surface area (Å²) in [6, 6.07) is 14.3. The molecule has 1 aliphatic carbocycles. The number of nitrogens with zero attached hydrogens (tertiary/aromatic N) is 1. The molecule has 154 valence electrons. The summed E-state index contributed by atoms with van der Waals surface area (Å²) in [5.74, 6) is 0.325. The maximum absolute atomic E-state index is 13.1. The number of nitrogens with one attached hydrogen (secondary N) is 1. The first-order valence-corrected chi connectivity index (χ1v) is 11.3. The fraction of sp³-hybridized carbons (Fsp3) is 0.520. The first-order valence-electron chi connectivity index (χ1n) is 11.3. The fourth-order valence-corrected chi connectivity index (χ4v) is 4.85. The van der Waals surface area contributed by atoms with Crippen LogP contribution in [0.3, 0.4) is 0 Å². The van der Waals surface area contributed by atoms with Gasteiger partial charge in [0.1, 0.15) is 0 Å². The molecule has 1 heterocycles. The molecule has 1 aliphatic heterocycles. The highest BCUT2D eigenvalue weighted by atomic mass is 16.2. The largest absolute Gasteiger partial charge is 0.353 e. The van der Waals surface area contributed by atoms with Crippen molar-refractivity contribution in [2.75, 3.05) is 13.1 Å². The van der Waals surface area contributed by atoms with Crippen LogP contribution < -0.4 is 5.32 Å². The Morgan fingerprint density at radius 3 is 2.21 bits per heavy atom. The van der Waals surface area contributed by atoms with Crippen LogP contribution in [0.2, 0.25) is 0 Å². The van der Waals surface area contributed by atoms with Crippen LogP contribution in [0, 0.1) is 5.92 Å². The Morgan fingerprint density at radius 1 is 0.793 bits per heavy atom. The maximum Gasteiger partial charge on any atom is 0.254 e. The van der Waals surface area contributed by atoms with Gasteiger partial charge in [-0.25, -0.2) is 0 Å². The van der Waals surface area contributed by atoms with E-state index in [9.17, 15) is 9.59 Å². The molecule has 0 atom stereocenters. The smallest absolute Gasteiger partial charge is 0.254 e.